The van der Waals surface area contributed by atoms with E-state index in [0.29, 0.717) is 12.0 Å². The van der Waals surface area contributed by atoms with Gasteiger partial charge in [0, 0.05) is 5.56 Å². The third-order valence-corrected chi connectivity index (χ3v) is 2.47. The number of aliphatic hydroxyl groups is 1. The number of benzene rings is 1. The summed E-state index contributed by atoms with van der Waals surface area (Å²) in [5, 5.41) is 9.40. The van der Waals surface area contributed by atoms with E-state index in [1.807, 2.05) is 12.1 Å². The first kappa shape index (κ1) is 11.9. The maximum absolute atomic E-state index is 11.6. The van der Waals surface area contributed by atoms with Gasteiger partial charge in [-0.2, -0.15) is 0 Å². The van der Waals surface area contributed by atoms with E-state index in [0.717, 1.165) is 12.8 Å². The van der Waals surface area contributed by atoms with Gasteiger partial charge in [-0.3, -0.25) is 4.79 Å². The van der Waals surface area contributed by atoms with Crippen LogP contribution in [0.2, 0.25) is 0 Å². The molecule has 0 saturated carbocycles. The van der Waals surface area contributed by atoms with E-state index in [4.69, 9.17) is 0 Å². The van der Waals surface area contributed by atoms with Crippen LogP contribution in [0.5, 0.6) is 0 Å². The number of ketones is 1. The van der Waals surface area contributed by atoms with Gasteiger partial charge in [-0.1, -0.05) is 44.5 Å². The molecule has 0 saturated heterocycles. The Kier molecular flexibility index (Phi) is 4.50. The first-order valence-electron chi connectivity index (χ1n) is 5.50. The lowest BCUT2D eigenvalue weighted by atomic mass is 10.0. The predicted molar refractivity (Wildman–Crippen MR) is 61.1 cm³/mol. The molecular formula is C13H18O2. The highest BCUT2D eigenvalue weighted by Gasteiger charge is 2.14. The minimum Gasteiger partial charge on any atom is -0.385 e. The molecule has 0 radical (unpaired) electrons. The number of carbonyl (C=O) groups is 1. The summed E-state index contributed by atoms with van der Waals surface area (Å²) in [6.07, 6.45) is 1.74. The summed E-state index contributed by atoms with van der Waals surface area (Å²) in [6.45, 7) is 3.92. The summed E-state index contributed by atoms with van der Waals surface area (Å²) >= 11 is 0. The molecule has 0 aliphatic rings. The average Bonchev–Trinajstić information content (AvgIpc) is 2.28. The Bertz CT molecular complexity index is 314. The Hall–Kier alpha value is -1.15. The van der Waals surface area contributed by atoms with Crippen LogP contribution in [0.25, 0.3) is 0 Å². The molecule has 15 heavy (non-hydrogen) atoms. The van der Waals surface area contributed by atoms with Crippen LogP contribution in [0, 0.1) is 0 Å². The van der Waals surface area contributed by atoms with E-state index < -0.39 is 6.10 Å². The molecule has 1 unspecified atom stereocenters. The first-order valence-corrected chi connectivity index (χ1v) is 5.50. The molecule has 0 aliphatic carbocycles. The summed E-state index contributed by atoms with van der Waals surface area (Å²) < 4.78 is 0. The molecule has 0 heterocycles. The van der Waals surface area contributed by atoms with Crippen molar-refractivity contribution in [2.75, 3.05) is 0 Å². The molecule has 0 bridgehead atoms. The minimum absolute atomic E-state index is 0.180. The molecule has 0 fully saturated rings. The van der Waals surface area contributed by atoms with Crippen LogP contribution in [0.3, 0.4) is 0 Å². The molecule has 1 aromatic rings. The second-order valence-electron chi connectivity index (χ2n) is 3.74. The monoisotopic (exact) mass is 206 g/mol. The molecule has 1 atom stereocenters. The van der Waals surface area contributed by atoms with Crippen molar-refractivity contribution in [2.24, 2.45) is 0 Å². The Labute approximate surface area is 90.9 Å². The number of carbonyl (C=O) groups excluding carboxylic acids is 1. The summed E-state index contributed by atoms with van der Waals surface area (Å²) in [7, 11) is 0. The zero-order chi connectivity index (χ0) is 11.3. The third kappa shape index (κ3) is 3.17. The number of aryl methyl sites for hydroxylation is 1. The van der Waals surface area contributed by atoms with E-state index in [-0.39, 0.29) is 5.78 Å². The van der Waals surface area contributed by atoms with E-state index in [1.165, 1.54) is 5.56 Å². The first-order chi connectivity index (χ1) is 7.19. The number of rotatable bonds is 5. The fourth-order valence-electron chi connectivity index (χ4n) is 1.50. The standard InChI is InChI=1S/C13H18O2/c1-3-5-10-6-8-11(9-7-10)13(15)12(14)4-2/h6-9,12,14H,3-5H2,1-2H3. The van der Waals surface area contributed by atoms with Gasteiger partial charge in [-0.15, -0.1) is 0 Å². The van der Waals surface area contributed by atoms with Crippen LogP contribution >= 0.6 is 0 Å². The molecule has 2 nitrogen and oxygen atoms in total. The zero-order valence-electron chi connectivity index (χ0n) is 9.36. The van der Waals surface area contributed by atoms with Gasteiger partial charge in [-0.25, -0.2) is 0 Å². The predicted octanol–water partition coefficient (Wildman–Crippen LogP) is 2.59. The van der Waals surface area contributed by atoms with E-state index in [9.17, 15) is 9.90 Å². The van der Waals surface area contributed by atoms with Crippen molar-refractivity contribution >= 4 is 5.78 Å². The highest BCUT2D eigenvalue weighted by molar-refractivity contribution is 5.99. The largest absolute Gasteiger partial charge is 0.385 e. The molecule has 82 valence electrons. The van der Waals surface area contributed by atoms with Gasteiger partial charge in [0.1, 0.15) is 6.10 Å². The molecule has 1 N–H and O–H groups in total. The van der Waals surface area contributed by atoms with Gasteiger partial charge in [-0.05, 0) is 18.4 Å². The zero-order valence-corrected chi connectivity index (χ0v) is 9.36. The van der Waals surface area contributed by atoms with E-state index in [1.54, 1.807) is 19.1 Å². The summed E-state index contributed by atoms with van der Waals surface area (Å²) in [4.78, 5) is 11.6. The number of hydrogen-bond donors (Lipinski definition) is 1. The van der Waals surface area contributed by atoms with E-state index in [2.05, 4.69) is 6.92 Å². The Morgan fingerprint density at radius 1 is 1.27 bits per heavy atom. The van der Waals surface area contributed by atoms with Crippen molar-refractivity contribution in [2.45, 2.75) is 39.2 Å². The molecule has 1 rings (SSSR count). The maximum Gasteiger partial charge on any atom is 0.191 e. The smallest absolute Gasteiger partial charge is 0.191 e. The summed E-state index contributed by atoms with van der Waals surface area (Å²) in [6, 6.07) is 7.51. The fourth-order valence-corrected chi connectivity index (χ4v) is 1.50. The second-order valence-corrected chi connectivity index (χ2v) is 3.74. The molecule has 0 aliphatic heterocycles. The Morgan fingerprint density at radius 2 is 1.87 bits per heavy atom. The fraction of sp³-hybridized carbons (Fsp3) is 0.462. The van der Waals surface area contributed by atoms with Crippen molar-refractivity contribution in [3.8, 4) is 0 Å². The van der Waals surface area contributed by atoms with Crippen molar-refractivity contribution in [3.63, 3.8) is 0 Å². The number of aliphatic hydroxyl groups excluding tert-OH is 1. The average molecular weight is 206 g/mol. The van der Waals surface area contributed by atoms with Crippen LogP contribution < -0.4 is 0 Å². The van der Waals surface area contributed by atoms with Crippen LogP contribution in [0.15, 0.2) is 24.3 Å². The molecular weight excluding hydrogens is 188 g/mol. The van der Waals surface area contributed by atoms with Crippen molar-refractivity contribution in [1.29, 1.82) is 0 Å². The van der Waals surface area contributed by atoms with Gasteiger partial charge in [0.05, 0.1) is 0 Å². The number of hydrogen-bond acceptors (Lipinski definition) is 2. The molecule has 2 heteroatoms. The highest BCUT2D eigenvalue weighted by atomic mass is 16.3. The van der Waals surface area contributed by atoms with Crippen molar-refractivity contribution in [1.82, 2.24) is 0 Å². The third-order valence-electron chi connectivity index (χ3n) is 2.47. The topological polar surface area (TPSA) is 37.3 Å². The van der Waals surface area contributed by atoms with Gasteiger partial charge >= 0.3 is 0 Å². The van der Waals surface area contributed by atoms with Gasteiger partial charge in [0.15, 0.2) is 5.78 Å². The molecule has 0 spiro atoms. The lowest BCUT2D eigenvalue weighted by molar-refractivity contribution is 0.0740. The minimum atomic E-state index is -0.859. The van der Waals surface area contributed by atoms with Crippen molar-refractivity contribution < 1.29 is 9.90 Å². The quantitative estimate of drug-likeness (QED) is 0.752. The van der Waals surface area contributed by atoms with Gasteiger partial charge in [0.2, 0.25) is 0 Å². The molecule has 0 amide bonds. The van der Waals surface area contributed by atoms with Gasteiger partial charge in [0.25, 0.3) is 0 Å². The van der Waals surface area contributed by atoms with E-state index >= 15 is 0 Å². The van der Waals surface area contributed by atoms with Crippen molar-refractivity contribution in [3.05, 3.63) is 35.4 Å². The maximum atomic E-state index is 11.6. The second kappa shape index (κ2) is 5.66. The van der Waals surface area contributed by atoms with Gasteiger partial charge < -0.3 is 5.11 Å². The molecule has 0 aromatic heterocycles. The van der Waals surface area contributed by atoms with Crippen LogP contribution in [-0.4, -0.2) is 17.0 Å². The molecule has 1 aromatic carbocycles. The van der Waals surface area contributed by atoms with Crippen LogP contribution in [0.1, 0.15) is 42.6 Å². The lowest BCUT2D eigenvalue weighted by Gasteiger charge is -2.07. The normalized spacial score (nSPS) is 12.5. The highest BCUT2D eigenvalue weighted by Crippen LogP contribution is 2.10. The number of Topliss-reactive ketones (excluding diaryl/α,β-unsaturated/α-hetero) is 1. The SMILES string of the molecule is CCCc1ccc(C(=O)C(O)CC)cc1. The summed E-state index contributed by atoms with van der Waals surface area (Å²) in [5.74, 6) is -0.180. The van der Waals surface area contributed by atoms with Crippen LogP contribution in [0.4, 0.5) is 0 Å². The summed E-state index contributed by atoms with van der Waals surface area (Å²) in [5.41, 5.74) is 1.84. The lowest BCUT2D eigenvalue weighted by Crippen LogP contribution is -2.19. The Balaban J connectivity index is 2.75. The Morgan fingerprint density at radius 3 is 2.33 bits per heavy atom. The van der Waals surface area contributed by atoms with Crippen LogP contribution in [-0.2, 0) is 6.42 Å².